The maximum atomic E-state index is 12.2. The van der Waals surface area contributed by atoms with Gasteiger partial charge in [-0.05, 0) is 12.1 Å². The summed E-state index contributed by atoms with van der Waals surface area (Å²) in [6, 6.07) is 7.39. The van der Waals surface area contributed by atoms with E-state index in [0.29, 0.717) is 5.13 Å². The Balaban J connectivity index is 1.40. The van der Waals surface area contributed by atoms with Crippen molar-refractivity contribution in [3.05, 3.63) is 53.1 Å². The van der Waals surface area contributed by atoms with E-state index in [2.05, 4.69) is 20.6 Å². The number of fused-ring (bicyclic) bond motifs is 1. The molecule has 0 bridgehead atoms. The SMILES string of the molecule is CC(=O)Nc1ccc(-c2csc(NC(=O)Cc3cn4ccsc4n3)n2)cc1. The van der Waals surface area contributed by atoms with Crippen LogP contribution in [0, 0.1) is 0 Å². The molecule has 7 nitrogen and oxygen atoms in total. The van der Waals surface area contributed by atoms with Crippen molar-refractivity contribution < 1.29 is 9.59 Å². The van der Waals surface area contributed by atoms with Crippen molar-refractivity contribution in [1.82, 2.24) is 14.4 Å². The molecule has 0 saturated heterocycles. The molecule has 0 aliphatic carbocycles. The zero-order valence-corrected chi connectivity index (χ0v) is 15.9. The van der Waals surface area contributed by atoms with Crippen LogP contribution in [0.2, 0.25) is 0 Å². The molecule has 0 saturated carbocycles. The molecule has 136 valence electrons. The number of amides is 2. The number of hydrogen-bond acceptors (Lipinski definition) is 6. The van der Waals surface area contributed by atoms with Gasteiger partial charge < -0.3 is 10.6 Å². The Hall–Kier alpha value is -3.04. The number of carbonyl (C=O) groups is 2. The Morgan fingerprint density at radius 3 is 2.67 bits per heavy atom. The lowest BCUT2D eigenvalue weighted by molar-refractivity contribution is -0.116. The van der Waals surface area contributed by atoms with E-state index in [0.717, 1.165) is 27.6 Å². The molecule has 9 heteroatoms. The van der Waals surface area contributed by atoms with E-state index in [4.69, 9.17) is 0 Å². The molecular formula is C18H15N5O2S2. The third kappa shape index (κ3) is 4.04. The lowest BCUT2D eigenvalue weighted by atomic mass is 10.1. The van der Waals surface area contributed by atoms with E-state index < -0.39 is 0 Å². The van der Waals surface area contributed by atoms with Crippen molar-refractivity contribution in [2.24, 2.45) is 0 Å². The summed E-state index contributed by atoms with van der Waals surface area (Å²) in [5.74, 6) is -0.262. The van der Waals surface area contributed by atoms with Crippen LogP contribution in [0.4, 0.5) is 10.8 Å². The molecule has 27 heavy (non-hydrogen) atoms. The van der Waals surface area contributed by atoms with E-state index in [1.165, 1.54) is 29.6 Å². The first kappa shape index (κ1) is 17.4. The topological polar surface area (TPSA) is 88.4 Å². The lowest BCUT2D eigenvalue weighted by Crippen LogP contribution is -2.14. The molecule has 0 fully saturated rings. The van der Waals surface area contributed by atoms with Crippen LogP contribution in [0.3, 0.4) is 0 Å². The predicted molar refractivity (Wildman–Crippen MR) is 107 cm³/mol. The molecule has 0 radical (unpaired) electrons. The molecule has 0 aliphatic rings. The van der Waals surface area contributed by atoms with Crippen molar-refractivity contribution >= 4 is 50.3 Å². The summed E-state index contributed by atoms with van der Waals surface area (Å²) in [6.07, 6.45) is 3.97. The number of thiazole rings is 2. The molecule has 4 rings (SSSR count). The summed E-state index contributed by atoms with van der Waals surface area (Å²) in [4.78, 5) is 33.1. The van der Waals surface area contributed by atoms with Crippen LogP contribution in [-0.2, 0) is 16.0 Å². The Morgan fingerprint density at radius 1 is 1.11 bits per heavy atom. The van der Waals surface area contributed by atoms with E-state index in [1.54, 1.807) is 0 Å². The molecule has 4 aromatic rings. The van der Waals surface area contributed by atoms with Crippen molar-refractivity contribution in [2.45, 2.75) is 13.3 Å². The van der Waals surface area contributed by atoms with Crippen LogP contribution < -0.4 is 10.6 Å². The fourth-order valence-corrected chi connectivity index (χ4v) is 4.04. The molecular weight excluding hydrogens is 382 g/mol. The number of nitrogens with zero attached hydrogens (tertiary/aromatic N) is 3. The first-order chi connectivity index (χ1) is 13.1. The summed E-state index contributed by atoms with van der Waals surface area (Å²) in [5, 5.41) is 9.92. The van der Waals surface area contributed by atoms with Gasteiger partial charge in [0.2, 0.25) is 11.8 Å². The monoisotopic (exact) mass is 397 g/mol. The average Bonchev–Trinajstić information content (AvgIpc) is 3.31. The fourth-order valence-electron chi connectivity index (χ4n) is 2.58. The Labute approximate surface area is 162 Å². The molecule has 3 heterocycles. The third-order valence-electron chi connectivity index (χ3n) is 3.74. The fraction of sp³-hybridized carbons (Fsp3) is 0.111. The molecule has 3 aromatic heterocycles. The summed E-state index contributed by atoms with van der Waals surface area (Å²) in [6.45, 7) is 1.47. The predicted octanol–water partition coefficient (Wildman–Crippen LogP) is 3.66. The first-order valence-electron chi connectivity index (χ1n) is 8.11. The molecule has 1 aromatic carbocycles. The second-order valence-electron chi connectivity index (χ2n) is 5.85. The Bertz CT molecular complexity index is 1080. The number of imidazole rings is 1. The van der Waals surface area contributed by atoms with Gasteiger partial charge in [-0.2, -0.15) is 0 Å². The van der Waals surface area contributed by atoms with Gasteiger partial charge in [0.25, 0.3) is 0 Å². The third-order valence-corrected chi connectivity index (χ3v) is 5.26. The van der Waals surface area contributed by atoms with Gasteiger partial charge in [-0.25, -0.2) is 9.97 Å². The standard InChI is InChI=1S/C18H15N5O2S2/c1-11(24)19-13-4-2-12(3-5-13)15-10-27-17(21-15)22-16(25)8-14-9-23-6-7-26-18(23)20-14/h2-7,9-10H,8H2,1H3,(H,19,24)(H,21,22,25). The van der Waals surface area contributed by atoms with Gasteiger partial charge in [0.1, 0.15) is 0 Å². The second-order valence-corrected chi connectivity index (χ2v) is 7.58. The zero-order valence-electron chi connectivity index (χ0n) is 14.3. The van der Waals surface area contributed by atoms with Gasteiger partial charge in [0.15, 0.2) is 10.1 Å². The van der Waals surface area contributed by atoms with Crippen LogP contribution in [0.5, 0.6) is 0 Å². The van der Waals surface area contributed by atoms with Gasteiger partial charge in [0.05, 0.1) is 17.8 Å². The maximum Gasteiger partial charge on any atom is 0.232 e. The van der Waals surface area contributed by atoms with Gasteiger partial charge in [-0.1, -0.05) is 12.1 Å². The summed E-state index contributed by atoms with van der Waals surface area (Å²) in [7, 11) is 0. The Morgan fingerprint density at radius 2 is 1.93 bits per heavy atom. The van der Waals surface area contributed by atoms with Crippen molar-refractivity contribution in [2.75, 3.05) is 10.6 Å². The minimum atomic E-state index is -0.150. The highest BCUT2D eigenvalue weighted by atomic mass is 32.1. The second kappa shape index (κ2) is 7.29. The summed E-state index contributed by atoms with van der Waals surface area (Å²) >= 11 is 2.90. The van der Waals surface area contributed by atoms with Crippen LogP contribution in [0.15, 0.2) is 47.4 Å². The van der Waals surface area contributed by atoms with Crippen LogP contribution in [-0.4, -0.2) is 26.2 Å². The maximum absolute atomic E-state index is 12.2. The molecule has 0 atom stereocenters. The zero-order chi connectivity index (χ0) is 18.8. The van der Waals surface area contributed by atoms with Gasteiger partial charge in [-0.3, -0.25) is 14.0 Å². The van der Waals surface area contributed by atoms with E-state index >= 15 is 0 Å². The number of nitrogens with one attached hydrogen (secondary N) is 2. The number of benzene rings is 1. The molecule has 0 spiro atoms. The average molecular weight is 397 g/mol. The number of rotatable bonds is 5. The van der Waals surface area contributed by atoms with Gasteiger partial charge in [-0.15, -0.1) is 22.7 Å². The van der Waals surface area contributed by atoms with Crippen molar-refractivity contribution in [3.8, 4) is 11.3 Å². The van der Waals surface area contributed by atoms with E-state index in [-0.39, 0.29) is 18.2 Å². The molecule has 2 N–H and O–H groups in total. The van der Waals surface area contributed by atoms with Crippen molar-refractivity contribution in [1.29, 1.82) is 0 Å². The normalized spacial score (nSPS) is 10.9. The molecule has 0 aliphatic heterocycles. The highest BCUT2D eigenvalue weighted by molar-refractivity contribution is 7.15. The Kier molecular flexibility index (Phi) is 4.69. The van der Waals surface area contributed by atoms with Crippen LogP contribution >= 0.6 is 22.7 Å². The molecule has 2 amide bonds. The minimum Gasteiger partial charge on any atom is -0.326 e. The minimum absolute atomic E-state index is 0.112. The smallest absolute Gasteiger partial charge is 0.232 e. The number of anilines is 2. The largest absolute Gasteiger partial charge is 0.326 e. The van der Waals surface area contributed by atoms with Gasteiger partial charge >= 0.3 is 0 Å². The van der Waals surface area contributed by atoms with E-state index in [1.807, 2.05) is 51.8 Å². The number of aromatic nitrogens is 3. The van der Waals surface area contributed by atoms with Crippen LogP contribution in [0.1, 0.15) is 12.6 Å². The number of carbonyl (C=O) groups excluding carboxylic acids is 2. The van der Waals surface area contributed by atoms with Crippen LogP contribution in [0.25, 0.3) is 16.2 Å². The highest BCUT2D eigenvalue weighted by Crippen LogP contribution is 2.26. The summed E-state index contributed by atoms with van der Waals surface area (Å²) < 4.78 is 1.90. The quantitative estimate of drug-likeness (QED) is 0.538. The molecule has 0 unspecified atom stereocenters. The van der Waals surface area contributed by atoms with Crippen molar-refractivity contribution in [3.63, 3.8) is 0 Å². The van der Waals surface area contributed by atoms with E-state index in [9.17, 15) is 9.59 Å². The lowest BCUT2D eigenvalue weighted by Gasteiger charge is -2.03. The highest BCUT2D eigenvalue weighted by Gasteiger charge is 2.11. The number of hydrogen-bond donors (Lipinski definition) is 2. The summed E-state index contributed by atoms with van der Waals surface area (Å²) in [5.41, 5.74) is 3.14. The van der Waals surface area contributed by atoms with Gasteiger partial charge in [0, 0.05) is 41.3 Å². The first-order valence-corrected chi connectivity index (χ1v) is 9.87.